The van der Waals surface area contributed by atoms with Gasteiger partial charge in [0.25, 0.3) is 5.91 Å². The predicted octanol–water partition coefficient (Wildman–Crippen LogP) is 4.06. The van der Waals surface area contributed by atoms with Gasteiger partial charge in [0.05, 0.1) is 29.6 Å². The molecule has 0 spiro atoms. The lowest BCUT2D eigenvalue weighted by Gasteiger charge is -2.22. The molecule has 162 valence electrons. The van der Waals surface area contributed by atoms with Gasteiger partial charge in [-0.05, 0) is 49.7 Å². The van der Waals surface area contributed by atoms with E-state index in [0.29, 0.717) is 10.7 Å². The van der Waals surface area contributed by atoms with Crippen LogP contribution in [0.2, 0.25) is 5.02 Å². The third kappa shape index (κ3) is 6.17. The molecule has 10 heteroatoms. The van der Waals surface area contributed by atoms with Crippen LogP contribution in [0.4, 0.5) is 11.4 Å². The number of aryl methyl sites for hydroxylation is 1. The summed E-state index contributed by atoms with van der Waals surface area (Å²) in [6.07, 6.45) is 0.0758. The zero-order valence-corrected chi connectivity index (χ0v) is 17.7. The molecule has 2 aromatic carbocycles. The number of hydrogen-bond acceptors (Lipinski definition) is 7. The number of ether oxygens (including phenoxy) is 2. The third-order valence-electron chi connectivity index (χ3n) is 4.22. The van der Waals surface area contributed by atoms with Gasteiger partial charge in [-0.1, -0.05) is 11.6 Å². The maximum absolute atomic E-state index is 12.7. The summed E-state index contributed by atoms with van der Waals surface area (Å²) >= 11 is 6.02. The van der Waals surface area contributed by atoms with Crippen LogP contribution in [0.25, 0.3) is 0 Å². The van der Waals surface area contributed by atoms with Crippen molar-refractivity contribution in [1.29, 1.82) is 5.26 Å². The molecule has 1 amide bonds. The minimum absolute atomic E-state index is 0.0286. The van der Waals surface area contributed by atoms with Gasteiger partial charge in [0, 0.05) is 23.3 Å². The van der Waals surface area contributed by atoms with Crippen LogP contribution in [-0.4, -0.2) is 36.6 Å². The number of rotatable bonds is 9. The van der Waals surface area contributed by atoms with E-state index in [0.717, 1.165) is 11.6 Å². The number of halogens is 1. The summed E-state index contributed by atoms with van der Waals surface area (Å²) in [4.78, 5) is 36.9. The molecule has 0 saturated carbocycles. The zero-order valence-electron chi connectivity index (χ0n) is 17.0. The van der Waals surface area contributed by atoms with Crippen molar-refractivity contribution in [3.8, 4) is 11.8 Å². The number of carbonyl (C=O) groups is 2. The highest BCUT2D eigenvalue weighted by molar-refractivity contribution is 6.31. The fraction of sp³-hybridized carbons (Fsp3) is 0.286. The molecule has 9 nitrogen and oxygen atoms in total. The van der Waals surface area contributed by atoms with Crippen molar-refractivity contribution in [2.24, 2.45) is 0 Å². The van der Waals surface area contributed by atoms with Crippen molar-refractivity contribution in [3.05, 3.63) is 62.7 Å². The van der Waals surface area contributed by atoms with Crippen LogP contribution in [0.3, 0.4) is 0 Å². The second-order valence-electron chi connectivity index (χ2n) is 6.34. The molecule has 0 aliphatic carbocycles. The van der Waals surface area contributed by atoms with Crippen molar-refractivity contribution < 1.29 is 24.0 Å². The number of nitro benzene ring substituents is 1. The highest BCUT2D eigenvalue weighted by Gasteiger charge is 2.22. The molecule has 0 heterocycles. The van der Waals surface area contributed by atoms with Gasteiger partial charge in [0.15, 0.2) is 12.4 Å². The van der Waals surface area contributed by atoms with Crippen molar-refractivity contribution >= 4 is 34.9 Å². The number of hydrogen-bond donors (Lipinski definition) is 0. The van der Waals surface area contributed by atoms with Crippen LogP contribution >= 0.6 is 11.6 Å². The van der Waals surface area contributed by atoms with Crippen LogP contribution in [0.15, 0.2) is 36.4 Å². The van der Waals surface area contributed by atoms with Crippen molar-refractivity contribution in [2.45, 2.75) is 20.3 Å². The summed E-state index contributed by atoms with van der Waals surface area (Å²) in [5, 5.41) is 20.6. The standard InChI is InChI=1S/C21H20ClN3O6/c1-3-30-19-8-5-15(12-18(19)25(28)29)21(27)31-13-20(26)24(10-4-9-23)16-6-7-17(22)14(2)11-16/h5-8,11-12H,3-4,10,13H2,1-2H3. The van der Waals surface area contributed by atoms with E-state index in [2.05, 4.69) is 0 Å². The number of nitro groups is 1. The number of nitriles is 1. The Morgan fingerprint density at radius 2 is 2.00 bits per heavy atom. The van der Waals surface area contributed by atoms with E-state index >= 15 is 0 Å². The molecule has 0 aromatic heterocycles. The number of esters is 1. The van der Waals surface area contributed by atoms with E-state index in [9.17, 15) is 19.7 Å². The lowest BCUT2D eigenvalue weighted by atomic mass is 10.2. The van der Waals surface area contributed by atoms with Crippen molar-refractivity contribution in [2.75, 3.05) is 24.7 Å². The first-order valence-electron chi connectivity index (χ1n) is 9.30. The summed E-state index contributed by atoms with van der Waals surface area (Å²) in [6.45, 7) is 3.17. The Bertz CT molecular complexity index is 1030. The number of carbonyl (C=O) groups excluding carboxylic acids is 2. The SMILES string of the molecule is CCOc1ccc(C(=O)OCC(=O)N(CCC#N)c2ccc(Cl)c(C)c2)cc1[N+](=O)[O-]. The van der Waals surface area contributed by atoms with E-state index in [1.165, 1.54) is 17.0 Å². The Morgan fingerprint density at radius 3 is 2.61 bits per heavy atom. The maximum Gasteiger partial charge on any atom is 0.338 e. The summed E-state index contributed by atoms with van der Waals surface area (Å²) in [5.41, 5.74) is 0.784. The van der Waals surface area contributed by atoms with Gasteiger partial charge in [0.1, 0.15) is 0 Å². The smallest absolute Gasteiger partial charge is 0.338 e. The molecule has 0 bridgehead atoms. The molecule has 0 N–H and O–H groups in total. The first kappa shape index (κ1) is 23.6. The maximum atomic E-state index is 12.7. The number of amides is 1. The second kappa shape index (κ2) is 10.9. The van der Waals surface area contributed by atoms with Crippen LogP contribution in [0, 0.1) is 28.4 Å². The predicted molar refractivity (Wildman–Crippen MR) is 113 cm³/mol. The third-order valence-corrected chi connectivity index (χ3v) is 4.64. The fourth-order valence-electron chi connectivity index (χ4n) is 2.71. The van der Waals surface area contributed by atoms with E-state index in [-0.39, 0.29) is 36.6 Å². The van der Waals surface area contributed by atoms with Gasteiger partial charge in [-0.15, -0.1) is 0 Å². The molecule has 2 rings (SSSR count). The van der Waals surface area contributed by atoms with Gasteiger partial charge in [-0.3, -0.25) is 14.9 Å². The number of benzene rings is 2. The molecule has 0 aliphatic heterocycles. The molecule has 0 atom stereocenters. The highest BCUT2D eigenvalue weighted by Crippen LogP contribution is 2.28. The van der Waals surface area contributed by atoms with Crippen molar-refractivity contribution in [1.82, 2.24) is 0 Å². The Balaban J connectivity index is 2.15. The van der Waals surface area contributed by atoms with E-state index in [1.807, 2.05) is 6.07 Å². The Labute approximate surface area is 183 Å². The summed E-state index contributed by atoms with van der Waals surface area (Å²) in [5.74, 6) is -1.42. The van der Waals surface area contributed by atoms with Crippen LogP contribution in [0.5, 0.6) is 5.75 Å². The first-order chi connectivity index (χ1) is 14.8. The topological polar surface area (TPSA) is 123 Å². The number of anilines is 1. The summed E-state index contributed by atoms with van der Waals surface area (Å²) < 4.78 is 10.2. The van der Waals surface area contributed by atoms with E-state index in [1.54, 1.807) is 32.0 Å². The summed E-state index contributed by atoms with van der Waals surface area (Å²) in [7, 11) is 0. The minimum atomic E-state index is -0.896. The molecule has 0 radical (unpaired) electrons. The highest BCUT2D eigenvalue weighted by atomic mass is 35.5. The largest absolute Gasteiger partial charge is 0.487 e. The van der Waals surface area contributed by atoms with Gasteiger partial charge in [-0.25, -0.2) is 4.79 Å². The lowest BCUT2D eigenvalue weighted by Crippen LogP contribution is -2.35. The normalized spacial score (nSPS) is 10.1. The average molecular weight is 446 g/mol. The van der Waals surface area contributed by atoms with E-state index < -0.39 is 23.4 Å². The van der Waals surface area contributed by atoms with Crippen LogP contribution in [-0.2, 0) is 9.53 Å². The van der Waals surface area contributed by atoms with Crippen LogP contribution < -0.4 is 9.64 Å². The average Bonchev–Trinajstić information content (AvgIpc) is 2.75. The Morgan fingerprint density at radius 1 is 1.26 bits per heavy atom. The second-order valence-corrected chi connectivity index (χ2v) is 6.74. The molecule has 2 aromatic rings. The molecule has 31 heavy (non-hydrogen) atoms. The van der Waals surface area contributed by atoms with Gasteiger partial charge < -0.3 is 14.4 Å². The van der Waals surface area contributed by atoms with Gasteiger partial charge in [-0.2, -0.15) is 5.26 Å². The van der Waals surface area contributed by atoms with Crippen molar-refractivity contribution in [3.63, 3.8) is 0 Å². The fourth-order valence-corrected chi connectivity index (χ4v) is 2.83. The Hall–Kier alpha value is -3.64. The molecule has 0 aliphatic rings. The number of nitrogens with zero attached hydrogens (tertiary/aromatic N) is 3. The molecule has 0 fully saturated rings. The minimum Gasteiger partial charge on any atom is -0.487 e. The monoisotopic (exact) mass is 445 g/mol. The van der Waals surface area contributed by atoms with Crippen LogP contribution in [0.1, 0.15) is 29.3 Å². The first-order valence-corrected chi connectivity index (χ1v) is 9.68. The quantitative estimate of drug-likeness (QED) is 0.324. The van der Waals surface area contributed by atoms with Gasteiger partial charge >= 0.3 is 11.7 Å². The lowest BCUT2D eigenvalue weighted by molar-refractivity contribution is -0.385. The Kier molecular flexibility index (Phi) is 8.34. The molecule has 0 unspecified atom stereocenters. The molecular formula is C21H20ClN3O6. The zero-order chi connectivity index (χ0) is 23.0. The van der Waals surface area contributed by atoms with E-state index in [4.69, 9.17) is 26.3 Å². The van der Waals surface area contributed by atoms with Gasteiger partial charge in [0.2, 0.25) is 0 Å². The summed E-state index contributed by atoms with van der Waals surface area (Å²) in [6, 6.07) is 10.6. The molecule has 0 saturated heterocycles. The molecular weight excluding hydrogens is 426 g/mol.